The number of allylic oxidation sites excluding steroid dienone is 3. The first-order chi connectivity index (χ1) is 13.2. The highest BCUT2D eigenvalue weighted by atomic mass is 16.1. The molecule has 1 aliphatic heterocycles. The number of hydrogen-bond donors (Lipinski definition) is 0. The lowest BCUT2D eigenvalue weighted by atomic mass is 9.94. The average molecular weight is 356 g/mol. The van der Waals surface area contributed by atoms with E-state index in [-0.39, 0.29) is 5.78 Å². The molecule has 1 aliphatic rings. The molecule has 0 bridgehead atoms. The quantitative estimate of drug-likeness (QED) is 0.322. The third-order valence-corrected chi connectivity index (χ3v) is 4.87. The molecule has 0 aliphatic carbocycles. The fourth-order valence-electron chi connectivity index (χ4n) is 3.35. The fourth-order valence-corrected chi connectivity index (χ4v) is 3.35. The first kappa shape index (κ1) is 18.7. The van der Waals surface area contributed by atoms with Crippen molar-refractivity contribution < 1.29 is 4.79 Å². The molecule has 2 aromatic carbocycles. The number of nitriles is 1. The molecule has 1 fully saturated rings. The summed E-state index contributed by atoms with van der Waals surface area (Å²) >= 11 is 0. The fraction of sp³-hybridized carbons (Fsp3) is 0.250. The van der Waals surface area contributed by atoms with Crippen molar-refractivity contribution in [2.24, 2.45) is 0 Å². The topological polar surface area (TPSA) is 44.1 Å². The van der Waals surface area contributed by atoms with Crippen molar-refractivity contribution in [1.29, 1.82) is 5.26 Å². The number of ketones is 1. The van der Waals surface area contributed by atoms with Gasteiger partial charge < -0.3 is 4.90 Å². The number of Topliss-reactive ketones (excluding diaryl/α,β-unsaturated/α-hetero) is 1. The molecule has 1 heterocycles. The first-order valence-corrected chi connectivity index (χ1v) is 9.42. The number of carbonyl (C=O) groups excluding carboxylic acids is 1. The zero-order valence-corrected chi connectivity index (χ0v) is 15.7. The Hall–Kier alpha value is -3.12. The minimum atomic E-state index is -0.0275. The maximum Gasteiger partial charge on any atom is 0.193 e. The lowest BCUT2D eigenvalue weighted by Crippen LogP contribution is -2.28. The van der Waals surface area contributed by atoms with Crippen LogP contribution < -0.4 is 0 Å². The lowest BCUT2D eigenvalue weighted by Gasteiger charge is -2.29. The van der Waals surface area contributed by atoms with Crippen molar-refractivity contribution in [1.82, 2.24) is 4.90 Å². The molecule has 27 heavy (non-hydrogen) atoms. The van der Waals surface area contributed by atoms with E-state index < -0.39 is 0 Å². The van der Waals surface area contributed by atoms with Crippen molar-refractivity contribution in [3.8, 4) is 6.07 Å². The molecule has 3 nitrogen and oxygen atoms in total. The van der Waals surface area contributed by atoms with Crippen LogP contribution in [0.5, 0.6) is 0 Å². The average Bonchev–Trinajstić information content (AvgIpc) is 2.73. The summed E-state index contributed by atoms with van der Waals surface area (Å²) < 4.78 is 0. The van der Waals surface area contributed by atoms with Gasteiger partial charge in [-0.1, -0.05) is 60.2 Å². The van der Waals surface area contributed by atoms with E-state index in [1.165, 1.54) is 6.42 Å². The maximum atomic E-state index is 13.3. The number of rotatable bonds is 5. The minimum absolute atomic E-state index is 0.0275. The second-order valence-electron chi connectivity index (χ2n) is 6.87. The monoisotopic (exact) mass is 356 g/mol. The van der Waals surface area contributed by atoms with Gasteiger partial charge in [0.25, 0.3) is 0 Å². The molecule has 0 spiro atoms. The number of hydrogen-bond acceptors (Lipinski definition) is 3. The highest BCUT2D eigenvalue weighted by Crippen LogP contribution is 2.25. The highest BCUT2D eigenvalue weighted by molar-refractivity contribution is 6.29. The molecular formula is C24H24N2O. The maximum absolute atomic E-state index is 13.3. The molecule has 0 saturated carbocycles. The van der Waals surface area contributed by atoms with Gasteiger partial charge in [-0.25, -0.2) is 0 Å². The van der Waals surface area contributed by atoms with Gasteiger partial charge in [-0.05, 0) is 37.8 Å². The zero-order chi connectivity index (χ0) is 19.1. The second kappa shape index (κ2) is 9.00. The summed E-state index contributed by atoms with van der Waals surface area (Å²) in [6.45, 7) is 3.87. The number of nitrogens with zero attached hydrogens (tertiary/aromatic N) is 2. The van der Waals surface area contributed by atoms with Gasteiger partial charge in [0.2, 0.25) is 0 Å². The van der Waals surface area contributed by atoms with Crippen LogP contribution in [0.1, 0.15) is 40.7 Å². The van der Waals surface area contributed by atoms with Crippen LogP contribution in [0.3, 0.4) is 0 Å². The SMILES string of the molecule is Cc1ccc(/C(=C\C(=C/C#N)N2CCCCC2)C(=O)c2ccccc2)cc1. The molecule has 0 aromatic heterocycles. The van der Waals surface area contributed by atoms with Gasteiger partial charge in [0, 0.05) is 36.0 Å². The Labute approximate surface area is 161 Å². The molecule has 1 saturated heterocycles. The van der Waals surface area contributed by atoms with E-state index in [2.05, 4.69) is 11.0 Å². The molecule has 0 radical (unpaired) electrons. The molecule has 136 valence electrons. The lowest BCUT2D eigenvalue weighted by molar-refractivity contribution is 0.105. The van der Waals surface area contributed by atoms with E-state index in [4.69, 9.17) is 0 Å². The molecule has 0 amide bonds. The normalized spacial score (nSPS) is 15.3. The molecule has 3 heteroatoms. The van der Waals surface area contributed by atoms with Crippen LogP contribution in [-0.4, -0.2) is 23.8 Å². The Balaban J connectivity index is 2.06. The summed E-state index contributed by atoms with van der Waals surface area (Å²) in [5.41, 5.74) is 4.11. The number of benzene rings is 2. The molecular weight excluding hydrogens is 332 g/mol. The van der Waals surface area contributed by atoms with Gasteiger partial charge in [0.15, 0.2) is 5.78 Å². The smallest absolute Gasteiger partial charge is 0.193 e. The summed E-state index contributed by atoms with van der Waals surface area (Å²) in [4.78, 5) is 15.5. The second-order valence-corrected chi connectivity index (χ2v) is 6.87. The van der Waals surface area contributed by atoms with E-state index in [0.29, 0.717) is 11.1 Å². The largest absolute Gasteiger partial charge is 0.371 e. The van der Waals surface area contributed by atoms with Gasteiger partial charge in [0.05, 0.1) is 6.07 Å². The third kappa shape index (κ3) is 4.74. The minimum Gasteiger partial charge on any atom is -0.371 e. The molecule has 0 N–H and O–H groups in total. The summed E-state index contributed by atoms with van der Waals surface area (Å²) in [6, 6.07) is 19.4. The van der Waals surface area contributed by atoms with Crippen LogP contribution >= 0.6 is 0 Å². The molecule has 0 unspecified atom stereocenters. The summed E-state index contributed by atoms with van der Waals surface area (Å²) in [5.74, 6) is -0.0275. The van der Waals surface area contributed by atoms with Gasteiger partial charge in [-0.15, -0.1) is 0 Å². The van der Waals surface area contributed by atoms with Crippen LogP contribution in [0.2, 0.25) is 0 Å². The predicted octanol–water partition coefficient (Wildman–Crippen LogP) is 5.15. The van der Waals surface area contributed by atoms with E-state index in [9.17, 15) is 10.1 Å². The van der Waals surface area contributed by atoms with Crippen molar-refractivity contribution in [3.05, 3.63) is 89.1 Å². The summed E-state index contributed by atoms with van der Waals surface area (Å²) in [6.07, 6.45) is 6.88. The van der Waals surface area contributed by atoms with Crippen LogP contribution in [0.15, 0.2) is 72.4 Å². The Bertz CT molecular complexity index is 880. The van der Waals surface area contributed by atoms with Crippen molar-refractivity contribution in [2.75, 3.05) is 13.1 Å². The van der Waals surface area contributed by atoms with E-state index in [0.717, 1.165) is 42.8 Å². The van der Waals surface area contributed by atoms with E-state index in [1.807, 2.05) is 67.6 Å². The van der Waals surface area contributed by atoms with Crippen molar-refractivity contribution in [2.45, 2.75) is 26.2 Å². The Morgan fingerprint density at radius 1 is 0.963 bits per heavy atom. The zero-order valence-electron chi connectivity index (χ0n) is 15.7. The number of piperidine rings is 1. The number of carbonyl (C=O) groups is 1. The Kier molecular flexibility index (Phi) is 6.22. The van der Waals surface area contributed by atoms with Crippen LogP contribution in [0.4, 0.5) is 0 Å². The van der Waals surface area contributed by atoms with Crippen molar-refractivity contribution >= 4 is 11.4 Å². The van der Waals surface area contributed by atoms with E-state index in [1.54, 1.807) is 6.08 Å². The van der Waals surface area contributed by atoms with Crippen molar-refractivity contribution in [3.63, 3.8) is 0 Å². The molecule has 2 aromatic rings. The first-order valence-electron chi connectivity index (χ1n) is 9.42. The van der Waals surface area contributed by atoms with Crippen LogP contribution in [0, 0.1) is 18.3 Å². The molecule has 3 rings (SSSR count). The highest BCUT2D eigenvalue weighted by Gasteiger charge is 2.18. The third-order valence-electron chi connectivity index (χ3n) is 4.87. The number of likely N-dealkylation sites (tertiary alicyclic amines) is 1. The number of aryl methyl sites for hydroxylation is 1. The predicted molar refractivity (Wildman–Crippen MR) is 109 cm³/mol. The van der Waals surface area contributed by atoms with Gasteiger partial charge in [-0.3, -0.25) is 4.79 Å². The Morgan fingerprint density at radius 2 is 1.63 bits per heavy atom. The molecule has 0 atom stereocenters. The standard InChI is InChI=1S/C24H24N2O/c1-19-10-12-20(13-11-19)23(24(27)21-8-4-2-5-9-21)18-22(14-15-25)26-16-6-3-7-17-26/h2,4-5,8-14,18H,3,6-7,16-17H2,1H3/b22-14+,23-18+. The van der Waals surface area contributed by atoms with Crippen LogP contribution in [0.25, 0.3) is 5.57 Å². The Morgan fingerprint density at radius 3 is 2.26 bits per heavy atom. The van der Waals surface area contributed by atoms with Gasteiger partial charge >= 0.3 is 0 Å². The summed E-state index contributed by atoms with van der Waals surface area (Å²) in [7, 11) is 0. The van der Waals surface area contributed by atoms with Gasteiger partial charge in [-0.2, -0.15) is 5.26 Å². The van der Waals surface area contributed by atoms with Gasteiger partial charge in [0.1, 0.15) is 0 Å². The van der Waals surface area contributed by atoms with E-state index >= 15 is 0 Å². The van der Waals surface area contributed by atoms with Crippen LogP contribution in [-0.2, 0) is 0 Å². The summed E-state index contributed by atoms with van der Waals surface area (Å²) in [5, 5.41) is 9.28.